The maximum absolute atomic E-state index is 12.4. The highest BCUT2D eigenvalue weighted by Crippen LogP contribution is 2.11. The largest absolute Gasteiger partial charge is 0.469 e. The van der Waals surface area contributed by atoms with Crippen molar-refractivity contribution in [3.63, 3.8) is 0 Å². The molecule has 0 saturated heterocycles. The van der Waals surface area contributed by atoms with E-state index >= 15 is 0 Å². The molecule has 7 nitrogen and oxygen atoms in total. The second kappa shape index (κ2) is 7.04. The summed E-state index contributed by atoms with van der Waals surface area (Å²) < 4.78 is 5.80. The van der Waals surface area contributed by atoms with Crippen molar-refractivity contribution in [1.82, 2.24) is 14.9 Å². The number of aryl methyl sites for hydroxylation is 1. The molecule has 7 heteroatoms. The van der Waals surface area contributed by atoms with Gasteiger partial charge in [-0.15, -0.1) is 0 Å². The van der Waals surface area contributed by atoms with Crippen LogP contribution in [0.15, 0.2) is 29.3 Å². The zero-order chi connectivity index (χ0) is 17.0. The van der Waals surface area contributed by atoms with E-state index in [0.717, 1.165) is 5.56 Å². The van der Waals surface area contributed by atoms with Gasteiger partial charge < -0.3 is 10.1 Å². The summed E-state index contributed by atoms with van der Waals surface area (Å²) in [5.41, 5.74) is 1.27. The fourth-order valence-corrected chi connectivity index (χ4v) is 2.31. The number of carbonyl (C=O) groups excluding carboxylic acids is 2. The van der Waals surface area contributed by atoms with E-state index in [2.05, 4.69) is 15.0 Å². The molecule has 0 aliphatic rings. The molecule has 0 aliphatic carbocycles. The number of fused-ring (bicyclic) bond motifs is 1. The van der Waals surface area contributed by atoms with E-state index in [4.69, 9.17) is 0 Å². The van der Waals surface area contributed by atoms with E-state index in [0.29, 0.717) is 10.9 Å². The molecule has 0 aliphatic heterocycles. The van der Waals surface area contributed by atoms with Crippen LogP contribution in [-0.4, -0.2) is 34.6 Å². The smallest absolute Gasteiger partial charge is 0.307 e. The van der Waals surface area contributed by atoms with Gasteiger partial charge in [0.15, 0.2) is 0 Å². The molecule has 2 rings (SSSR count). The van der Waals surface area contributed by atoms with Crippen LogP contribution in [0.2, 0.25) is 0 Å². The fraction of sp³-hybridized carbons (Fsp3) is 0.375. The van der Waals surface area contributed by atoms with Crippen molar-refractivity contribution >= 4 is 22.8 Å². The van der Waals surface area contributed by atoms with Crippen LogP contribution in [0.1, 0.15) is 18.9 Å². The number of nitrogens with one attached hydrogen (secondary N) is 1. The van der Waals surface area contributed by atoms with Gasteiger partial charge >= 0.3 is 5.97 Å². The third kappa shape index (κ3) is 3.94. The Bertz CT molecular complexity index is 798. The standard InChI is InChI=1S/C16H19N3O4/c1-10-5-4-6-12-15(10)17-9-19(16(12)22)8-13(20)18-11(2)7-14(21)23-3/h4-6,9,11H,7-8H2,1-3H3,(H,18,20). The fourth-order valence-electron chi connectivity index (χ4n) is 2.31. The third-order valence-corrected chi connectivity index (χ3v) is 3.48. The molecule has 1 atom stereocenters. The van der Waals surface area contributed by atoms with Gasteiger partial charge in [0, 0.05) is 6.04 Å². The Labute approximate surface area is 133 Å². The lowest BCUT2D eigenvalue weighted by Gasteiger charge is -2.13. The lowest BCUT2D eigenvalue weighted by atomic mass is 10.1. The molecule has 0 fully saturated rings. The van der Waals surface area contributed by atoms with Gasteiger partial charge in [0.05, 0.1) is 30.8 Å². The monoisotopic (exact) mass is 317 g/mol. The van der Waals surface area contributed by atoms with E-state index in [-0.39, 0.29) is 30.5 Å². The zero-order valence-electron chi connectivity index (χ0n) is 13.3. The minimum atomic E-state index is -0.405. The average Bonchev–Trinajstić information content (AvgIpc) is 2.50. The van der Waals surface area contributed by atoms with Crippen molar-refractivity contribution in [2.24, 2.45) is 0 Å². The van der Waals surface area contributed by atoms with E-state index in [9.17, 15) is 14.4 Å². The predicted molar refractivity (Wildman–Crippen MR) is 85.0 cm³/mol. The maximum Gasteiger partial charge on any atom is 0.307 e. The first-order chi connectivity index (χ1) is 10.9. The average molecular weight is 317 g/mol. The van der Waals surface area contributed by atoms with E-state index in [1.807, 2.05) is 13.0 Å². The second-order valence-corrected chi connectivity index (χ2v) is 5.40. The number of hydrogen-bond acceptors (Lipinski definition) is 5. The summed E-state index contributed by atoms with van der Waals surface area (Å²) in [5, 5.41) is 3.13. The van der Waals surface area contributed by atoms with Crippen molar-refractivity contribution in [3.05, 3.63) is 40.4 Å². The molecular formula is C16H19N3O4. The first-order valence-corrected chi connectivity index (χ1v) is 7.23. The van der Waals surface area contributed by atoms with Crippen LogP contribution in [0, 0.1) is 6.92 Å². The first kappa shape index (κ1) is 16.7. The number of nitrogens with zero attached hydrogens (tertiary/aromatic N) is 2. The summed E-state index contributed by atoms with van der Waals surface area (Å²) in [6, 6.07) is 4.97. The summed E-state index contributed by atoms with van der Waals surface area (Å²) >= 11 is 0. The number of amides is 1. The number of ether oxygens (including phenoxy) is 1. The normalized spacial score (nSPS) is 12.0. The van der Waals surface area contributed by atoms with E-state index < -0.39 is 5.97 Å². The Kier molecular flexibility index (Phi) is 5.10. The number of benzene rings is 1. The first-order valence-electron chi connectivity index (χ1n) is 7.23. The Morgan fingerprint density at radius 1 is 1.39 bits per heavy atom. The van der Waals surface area contributed by atoms with Crippen molar-refractivity contribution in [2.45, 2.75) is 32.9 Å². The van der Waals surface area contributed by atoms with Gasteiger partial charge in [0.2, 0.25) is 5.91 Å². The van der Waals surface area contributed by atoms with Crippen molar-refractivity contribution in [1.29, 1.82) is 0 Å². The minimum Gasteiger partial charge on any atom is -0.469 e. The van der Waals surface area contributed by atoms with Crippen molar-refractivity contribution in [2.75, 3.05) is 7.11 Å². The van der Waals surface area contributed by atoms with Crippen LogP contribution in [0.25, 0.3) is 10.9 Å². The molecule has 122 valence electrons. The molecule has 1 aromatic heterocycles. The molecule has 1 N–H and O–H groups in total. The van der Waals surface area contributed by atoms with E-state index in [1.165, 1.54) is 18.0 Å². The Balaban J connectivity index is 2.13. The summed E-state index contributed by atoms with van der Waals surface area (Å²) in [7, 11) is 1.29. The topological polar surface area (TPSA) is 90.3 Å². The van der Waals surface area contributed by atoms with Crippen molar-refractivity contribution < 1.29 is 14.3 Å². The molecule has 1 aromatic carbocycles. The molecule has 23 heavy (non-hydrogen) atoms. The number of esters is 1. The van der Waals surface area contributed by atoms with Gasteiger partial charge in [0.1, 0.15) is 6.54 Å². The molecule has 0 spiro atoms. The van der Waals surface area contributed by atoms with Gasteiger partial charge in [-0.05, 0) is 25.5 Å². The lowest BCUT2D eigenvalue weighted by molar-refractivity contribution is -0.141. The van der Waals surface area contributed by atoms with Gasteiger partial charge in [-0.25, -0.2) is 4.98 Å². The Hall–Kier alpha value is -2.70. The lowest BCUT2D eigenvalue weighted by Crippen LogP contribution is -2.38. The SMILES string of the molecule is COC(=O)CC(C)NC(=O)Cn1cnc2c(C)cccc2c1=O. The summed E-state index contributed by atoms with van der Waals surface area (Å²) in [5.74, 6) is -0.768. The molecular weight excluding hydrogens is 298 g/mol. The maximum atomic E-state index is 12.4. The highest BCUT2D eigenvalue weighted by atomic mass is 16.5. The van der Waals surface area contributed by atoms with Crippen LogP contribution in [-0.2, 0) is 20.9 Å². The summed E-state index contributed by atoms with van der Waals surface area (Å²) in [6.07, 6.45) is 1.44. The third-order valence-electron chi connectivity index (χ3n) is 3.48. The van der Waals surface area contributed by atoms with Crippen LogP contribution >= 0.6 is 0 Å². The minimum absolute atomic E-state index is 0.0757. The number of methoxy groups -OCH3 is 1. The molecule has 1 heterocycles. The number of para-hydroxylation sites is 1. The number of carbonyl (C=O) groups is 2. The Morgan fingerprint density at radius 2 is 2.13 bits per heavy atom. The van der Waals surface area contributed by atoms with Gasteiger partial charge in [0.25, 0.3) is 5.56 Å². The second-order valence-electron chi connectivity index (χ2n) is 5.40. The number of rotatable bonds is 5. The molecule has 0 bridgehead atoms. The van der Waals surface area contributed by atoms with Gasteiger partial charge in [-0.3, -0.25) is 19.0 Å². The van der Waals surface area contributed by atoms with E-state index in [1.54, 1.807) is 19.1 Å². The summed E-state index contributed by atoms with van der Waals surface area (Å²) in [6.45, 7) is 3.42. The molecule has 0 saturated carbocycles. The summed E-state index contributed by atoms with van der Waals surface area (Å²) in [4.78, 5) is 39.8. The van der Waals surface area contributed by atoms with Crippen LogP contribution in [0.3, 0.4) is 0 Å². The van der Waals surface area contributed by atoms with Crippen molar-refractivity contribution in [3.8, 4) is 0 Å². The molecule has 2 aromatic rings. The quantitative estimate of drug-likeness (QED) is 0.823. The van der Waals surface area contributed by atoms with Crippen LogP contribution in [0.5, 0.6) is 0 Å². The highest BCUT2D eigenvalue weighted by Gasteiger charge is 2.14. The zero-order valence-corrected chi connectivity index (χ0v) is 13.3. The number of aromatic nitrogens is 2. The predicted octanol–water partition coefficient (Wildman–Crippen LogP) is 0.773. The highest BCUT2D eigenvalue weighted by molar-refractivity contribution is 5.81. The van der Waals surface area contributed by atoms with Crippen LogP contribution < -0.4 is 10.9 Å². The number of hydrogen-bond donors (Lipinski definition) is 1. The molecule has 1 unspecified atom stereocenters. The van der Waals surface area contributed by atoms with Crippen LogP contribution in [0.4, 0.5) is 0 Å². The molecule has 1 amide bonds. The van der Waals surface area contributed by atoms with Gasteiger partial charge in [-0.1, -0.05) is 12.1 Å². The molecule has 0 radical (unpaired) electrons. The Morgan fingerprint density at radius 3 is 2.83 bits per heavy atom. The van der Waals surface area contributed by atoms with Gasteiger partial charge in [-0.2, -0.15) is 0 Å².